The summed E-state index contributed by atoms with van der Waals surface area (Å²) in [6, 6.07) is 7.35. The molecule has 6 heteroatoms. The Morgan fingerprint density at radius 1 is 1.22 bits per heavy atom. The van der Waals surface area contributed by atoms with Crippen LogP contribution in [-0.2, 0) is 19.1 Å². The van der Waals surface area contributed by atoms with E-state index in [0.717, 1.165) is 9.65 Å². The zero-order valence-corrected chi connectivity index (χ0v) is 12.1. The maximum atomic E-state index is 11.5. The monoisotopic (exact) mass is 361 g/mol. The van der Waals surface area contributed by atoms with Crippen LogP contribution < -0.4 is 5.32 Å². The Kier molecular flexibility index (Phi) is 5.63. The minimum Gasteiger partial charge on any atom is -0.466 e. The highest BCUT2D eigenvalue weighted by Crippen LogP contribution is 2.19. The number of hydrogen-bond acceptors (Lipinski definition) is 5. The summed E-state index contributed by atoms with van der Waals surface area (Å²) in [5.41, 5.74) is 0.729. The molecule has 0 spiro atoms. The quantitative estimate of drug-likeness (QED) is 0.505. The van der Waals surface area contributed by atoms with Gasteiger partial charge in [0.1, 0.15) is 5.70 Å². The highest BCUT2D eigenvalue weighted by molar-refractivity contribution is 14.1. The Morgan fingerprint density at radius 2 is 1.89 bits per heavy atom. The van der Waals surface area contributed by atoms with Gasteiger partial charge < -0.3 is 14.8 Å². The maximum absolute atomic E-state index is 11.5. The van der Waals surface area contributed by atoms with Crippen molar-refractivity contribution < 1.29 is 19.1 Å². The van der Waals surface area contributed by atoms with Gasteiger partial charge in [0.05, 0.1) is 26.0 Å². The zero-order chi connectivity index (χ0) is 13.5. The molecule has 0 fully saturated rings. The lowest BCUT2D eigenvalue weighted by molar-refractivity contribution is -0.138. The Labute approximate surface area is 118 Å². The summed E-state index contributed by atoms with van der Waals surface area (Å²) in [6.07, 6.45) is 1.05. The van der Waals surface area contributed by atoms with Crippen LogP contribution in [0.5, 0.6) is 0 Å². The molecule has 0 heterocycles. The molecular weight excluding hydrogens is 349 g/mol. The van der Waals surface area contributed by atoms with E-state index < -0.39 is 11.9 Å². The normalized spacial score (nSPS) is 10.7. The molecule has 0 radical (unpaired) electrons. The first-order chi connectivity index (χ1) is 8.58. The molecule has 0 saturated heterocycles. The van der Waals surface area contributed by atoms with Gasteiger partial charge in [-0.05, 0) is 34.7 Å². The van der Waals surface area contributed by atoms with E-state index in [1.54, 1.807) is 6.07 Å². The topological polar surface area (TPSA) is 64.6 Å². The predicted octanol–water partition coefficient (Wildman–Crippen LogP) is 1.93. The molecule has 0 amide bonds. The second kappa shape index (κ2) is 7.00. The first kappa shape index (κ1) is 14.5. The number of halogens is 1. The molecule has 0 aliphatic heterocycles. The number of para-hydroxylation sites is 1. The fourth-order valence-electron chi connectivity index (χ4n) is 1.14. The fraction of sp³-hybridized carbons (Fsp3) is 0.167. The lowest BCUT2D eigenvalue weighted by Crippen LogP contribution is -2.15. The number of benzene rings is 1. The van der Waals surface area contributed by atoms with Crippen LogP contribution in [-0.4, -0.2) is 26.2 Å². The second-order valence-corrected chi connectivity index (χ2v) is 4.34. The number of ether oxygens (including phenoxy) is 2. The van der Waals surface area contributed by atoms with Crippen LogP contribution in [0.1, 0.15) is 0 Å². The number of esters is 2. The smallest absolute Gasteiger partial charge is 0.354 e. The summed E-state index contributed by atoms with van der Waals surface area (Å²) < 4.78 is 9.98. The van der Waals surface area contributed by atoms with Gasteiger partial charge in [0.25, 0.3) is 0 Å². The Bertz CT molecular complexity index is 485. The van der Waals surface area contributed by atoms with Gasteiger partial charge in [-0.2, -0.15) is 0 Å². The first-order valence-electron chi connectivity index (χ1n) is 4.98. The van der Waals surface area contributed by atoms with Crippen LogP contribution in [0.2, 0.25) is 0 Å². The lowest BCUT2D eigenvalue weighted by atomic mass is 10.3. The van der Waals surface area contributed by atoms with Crippen molar-refractivity contribution >= 4 is 40.2 Å². The molecule has 1 aromatic rings. The van der Waals surface area contributed by atoms with Gasteiger partial charge in [-0.1, -0.05) is 12.1 Å². The van der Waals surface area contributed by atoms with Crippen LogP contribution >= 0.6 is 22.6 Å². The molecule has 1 aromatic carbocycles. The standard InChI is InChI=1S/C12H12INO4/c1-17-11(15)7-10(12(16)18-2)14-9-6-4-3-5-8(9)13/h3-7,14H,1-2H3/b10-7-. The van der Waals surface area contributed by atoms with E-state index in [2.05, 4.69) is 37.4 Å². The highest BCUT2D eigenvalue weighted by atomic mass is 127. The molecule has 0 unspecified atom stereocenters. The molecule has 0 atom stereocenters. The summed E-state index contributed by atoms with van der Waals surface area (Å²) >= 11 is 2.11. The third-order valence-electron chi connectivity index (χ3n) is 2.01. The second-order valence-electron chi connectivity index (χ2n) is 3.18. The van der Waals surface area contributed by atoms with Crippen LogP contribution in [0.15, 0.2) is 36.0 Å². The van der Waals surface area contributed by atoms with Gasteiger partial charge >= 0.3 is 11.9 Å². The molecule has 5 nitrogen and oxygen atoms in total. The maximum Gasteiger partial charge on any atom is 0.354 e. The largest absolute Gasteiger partial charge is 0.466 e. The molecule has 96 valence electrons. The summed E-state index contributed by atoms with van der Waals surface area (Å²) in [5, 5.41) is 2.84. The van der Waals surface area contributed by atoms with Crippen molar-refractivity contribution in [1.29, 1.82) is 0 Å². The lowest BCUT2D eigenvalue weighted by Gasteiger charge is -2.10. The number of rotatable bonds is 4. The van der Waals surface area contributed by atoms with Gasteiger partial charge in [0.2, 0.25) is 0 Å². The molecule has 0 aliphatic rings. The van der Waals surface area contributed by atoms with Gasteiger partial charge in [-0.25, -0.2) is 9.59 Å². The van der Waals surface area contributed by atoms with Crippen molar-refractivity contribution in [3.8, 4) is 0 Å². The van der Waals surface area contributed by atoms with Crippen molar-refractivity contribution in [3.63, 3.8) is 0 Å². The van der Waals surface area contributed by atoms with Gasteiger partial charge in [-0.3, -0.25) is 0 Å². The highest BCUT2D eigenvalue weighted by Gasteiger charge is 2.13. The molecule has 0 aromatic heterocycles. The molecule has 18 heavy (non-hydrogen) atoms. The number of nitrogens with one attached hydrogen (secondary N) is 1. The van der Waals surface area contributed by atoms with Crippen molar-refractivity contribution in [3.05, 3.63) is 39.6 Å². The summed E-state index contributed by atoms with van der Waals surface area (Å²) in [5.74, 6) is -1.27. The summed E-state index contributed by atoms with van der Waals surface area (Å²) in [4.78, 5) is 22.7. The van der Waals surface area contributed by atoms with Crippen molar-refractivity contribution in [2.75, 3.05) is 19.5 Å². The first-order valence-corrected chi connectivity index (χ1v) is 6.06. The van der Waals surface area contributed by atoms with Gasteiger partial charge in [0, 0.05) is 3.57 Å². The minimum atomic E-state index is -0.639. The number of carbonyl (C=O) groups excluding carboxylic acids is 2. The number of carbonyl (C=O) groups is 2. The Hall–Kier alpha value is -1.57. The molecule has 0 aliphatic carbocycles. The van der Waals surface area contributed by atoms with Crippen molar-refractivity contribution in [2.24, 2.45) is 0 Å². The van der Waals surface area contributed by atoms with E-state index in [4.69, 9.17) is 0 Å². The van der Waals surface area contributed by atoms with Crippen molar-refractivity contribution in [1.82, 2.24) is 0 Å². The van der Waals surface area contributed by atoms with E-state index >= 15 is 0 Å². The SMILES string of the molecule is COC(=O)/C=C(\Nc1ccccc1I)C(=O)OC. The third-order valence-corrected chi connectivity index (χ3v) is 2.95. The average molecular weight is 361 g/mol. The molecule has 1 rings (SSSR count). The summed E-state index contributed by atoms with van der Waals surface area (Å²) in [7, 11) is 2.48. The zero-order valence-electron chi connectivity index (χ0n) is 9.90. The number of methoxy groups -OCH3 is 2. The third kappa shape index (κ3) is 4.02. The number of anilines is 1. The molecular formula is C12H12INO4. The molecule has 0 bridgehead atoms. The molecule has 1 N–H and O–H groups in total. The average Bonchev–Trinajstić information content (AvgIpc) is 2.39. The number of hydrogen-bond donors (Lipinski definition) is 1. The predicted molar refractivity (Wildman–Crippen MR) is 74.9 cm³/mol. The Balaban J connectivity index is 3.00. The fourth-order valence-corrected chi connectivity index (χ4v) is 1.66. The van der Waals surface area contributed by atoms with Crippen LogP contribution in [0, 0.1) is 3.57 Å². The van der Waals surface area contributed by atoms with E-state index in [1.165, 1.54) is 14.2 Å². The van der Waals surface area contributed by atoms with E-state index in [1.807, 2.05) is 18.2 Å². The van der Waals surface area contributed by atoms with Crippen LogP contribution in [0.25, 0.3) is 0 Å². The van der Waals surface area contributed by atoms with E-state index in [-0.39, 0.29) is 5.70 Å². The van der Waals surface area contributed by atoms with Crippen LogP contribution in [0.3, 0.4) is 0 Å². The minimum absolute atomic E-state index is 0.0217. The van der Waals surface area contributed by atoms with Gasteiger partial charge in [0.15, 0.2) is 0 Å². The summed E-state index contributed by atoms with van der Waals surface area (Å²) in [6.45, 7) is 0. The van der Waals surface area contributed by atoms with E-state index in [9.17, 15) is 9.59 Å². The van der Waals surface area contributed by atoms with Crippen LogP contribution in [0.4, 0.5) is 5.69 Å². The van der Waals surface area contributed by atoms with Gasteiger partial charge in [-0.15, -0.1) is 0 Å². The van der Waals surface area contributed by atoms with Crippen molar-refractivity contribution in [2.45, 2.75) is 0 Å². The van der Waals surface area contributed by atoms with E-state index in [0.29, 0.717) is 5.69 Å². The Morgan fingerprint density at radius 3 is 2.44 bits per heavy atom. The molecule has 0 saturated carbocycles.